The lowest BCUT2D eigenvalue weighted by Gasteiger charge is -2.10. The molecule has 12 rings (SSSR count). The van der Waals surface area contributed by atoms with Gasteiger partial charge in [0.1, 0.15) is 22.3 Å². The predicted octanol–water partition coefficient (Wildman–Crippen LogP) is 14.4. The second-order valence-corrected chi connectivity index (χ2v) is 15.4. The third-order valence-corrected chi connectivity index (χ3v) is 12.1. The van der Waals surface area contributed by atoms with Gasteiger partial charge < -0.3 is 8.83 Å². The van der Waals surface area contributed by atoms with Crippen molar-refractivity contribution in [1.29, 1.82) is 0 Å². The molecule has 5 nitrogen and oxygen atoms in total. The molecular weight excluding hydrogens is 719 g/mol. The maximum Gasteiger partial charge on any atom is 0.164 e. The van der Waals surface area contributed by atoms with Gasteiger partial charge in [-0.05, 0) is 77.4 Å². The van der Waals surface area contributed by atoms with Crippen LogP contribution in [-0.2, 0) is 0 Å². The van der Waals surface area contributed by atoms with E-state index in [2.05, 4.69) is 103 Å². The summed E-state index contributed by atoms with van der Waals surface area (Å²) in [6, 6.07) is 61.1. The summed E-state index contributed by atoms with van der Waals surface area (Å²) in [4.78, 5) is 14.8. The molecule has 0 radical (unpaired) electrons. The van der Waals surface area contributed by atoms with Gasteiger partial charge in [0.15, 0.2) is 17.5 Å². The quantitative estimate of drug-likeness (QED) is 0.175. The summed E-state index contributed by atoms with van der Waals surface area (Å²) in [5.74, 6) is 1.85. The van der Waals surface area contributed by atoms with Crippen LogP contribution >= 0.6 is 11.3 Å². The first-order valence-electron chi connectivity index (χ1n) is 18.9. The smallest absolute Gasteiger partial charge is 0.164 e. The lowest BCUT2D eigenvalue weighted by molar-refractivity contribution is 0.668. The molecule has 0 fully saturated rings. The Balaban J connectivity index is 1.01. The van der Waals surface area contributed by atoms with Crippen LogP contribution in [0.25, 0.3) is 120 Å². The highest BCUT2D eigenvalue weighted by molar-refractivity contribution is 7.26. The Hall–Kier alpha value is -7.41. The van der Waals surface area contributed by atoms with Crippen LogP contribution in [0, 0.1) is 0 Å². The summed E-state index contributed by atoms with van der Waals surface area (Å²) in [6.45, 7) is 0. The number of rotatable bonds is 5. The second kappa shape index (κ2) is 12.6. The number of fused-ring (bicyclic) bond motifs is 9. The van der Waals surface area contributed by atoms with Gasteiger partial charge in [-0.25, -0.2) is 15.0 Å². The maximum atomic E-state index is 6.55. The van der Waals surface area contributed by atoms with Gasteiger partial charge in [-0.15, -0.1) is 11.3 Å². The molecule has 0 aliphatic carbocycles. The van der Waals surface area contributed by atoms with Gasteiger partial charge in [-0.3, -0.25) is 0 Å². The van der Waals surface area contributed by atoms with E-state index in [1.54, 1.807) is 0 Å². The third-order valence-electron chi connectivity index (χ3n) is 10.9. The Bertz CT molecular complexity index is 3470. The van der Waals surface area contributed by atoms with E-state index < -0.39 is 0 Å². The molecule has 266 valence electrons. The van der Waals surface area contributed by atoms with Crippen molar-refractivity contribution in [2.75, 3.05) is 0 Å². The summed E-state index contributed by atoms with van der Waals surface area (Å²) in [7, 11) is 0. The van der Waals surface area contributed by atoms with E-state index in [9.17, 15) is 0 Å². The lowest BCUT2D eigenvalue weighted by atomic mass is 9.94. The van der Waals surface area contributed by atoms with E-state index in [-0.39, 0.29) is 0 Å². The van der Waals surface area contributed by atoms with E-state index in [1.807, 2.05) is 84.1 Å². The number of aromatic nitrogens is 3. The molecule has 4 aromatic heterocycles. The number of furan rings is 2. The maximum absolute atomic E-state index is 6.55. The van der Waals surface area contributed by atoms with Crippen LogP contribution in [0.1, 0.15) is 0 Å². The van der Waals surface area contributed by atoms with Crippen LogP contribution in [0.3, 0.4) is 0 Å². The summed E-state index contributed by atoms with van der Waals surface area (Å²) < 4.78 is 15.3. The molecular formula is C51H29N3O2S. The van der Waals surface area contributed by atoms with Crippen LogP contribution in [0.2, 0.25) is 0 Å². The minimum Gasteiger partial charge on any atom is -0.456 e. The highest BCUT2D eigenvalue weighted by Gasteiger charge is 2.18. The van der Waals surface area contributed by atoms with Gasteiger partial charge in [0, 0.05) is 64.0 Å². The molecule has 8 aromatic carbocycles. The monoisotopic (exact) mass is 747 g/mol. The molecule has 0 unspecified atom stereocenters. The van der Waals surface area contributed by atoms with Crippen molar-refractivity contribution < 1.29 is 8.83 Å². The number of hydrogen-bond acceptors (Lipinski definition) is 6. The normalized spacial score (nSPS) is 11.9. The fourth-order valence-electron chi connectivity index (χ4n) is 8.14. The molecule has 12 aromatic rings. The first-order chi connectivity index (χ1) is 28.2. The highest BCUT2D eigenvalue weighted by Crippen LogP contribution is 2.45. The van der Waals surface area contributed by atoms with Crippen LogP contribution in [-0.4, -0.2) is 15.0 Å². The summed E-state index contributed by atoms with van der Waals surface area (Å²) in [5, 5.41) is 6.87. The second-order valence-electron chi connectivity index (χ2n) is 14.4. The molecule has 0 bridgehead atoms. The third kappa shape index (κ3) is 5.26. The van der Waals surface area contributed by atoms with Gasteiger partial charge in [-0.1, -0.05) is 115 Å². The zero-order valence-corrected chi connectivity index (χ0v) is 31.1. The number of thiophene rings is 1. The van der Waals surface area contributed by atoms with Gasteiger partial charge >= 0.3 is 0 Å². The van der Waals surface area contributed by atoms with E-state index in [0.29, 0.717) is 17.5 Å². The first kappa shape index (κ1) is 31.9. The molecule has 0 aliphatic rings. The molecule has 4 heterocycles. The van der Waals surface area contributed by atoms with Crippen LogP contribution in [0.5, 0.6) is 0 Å². The molecule has 0 amide bonds. The summed E-state index contributed by atoms with van der Waals surface area (Å²) in [6.07, 6.45) is 0. The van der Waals surface area contributed by atoms with E-state index >= 15 is 0 Å². The SMILES string of the molecule is c1ccc(-c2nc(-c3ccccc3)nc(-c3ccc4c(c3)oc3ccc(-c5cc(-c6ccc7oc8ccccc8c7c6)cc6c5sc5ccccc56)cc34)n2)cc1. The zero-order valence-electron chi connectivity index (χ0n) is 30.3. The van der Waals surface area contributed by atoms with Crippen molar-refractivity contribution in [3.05, 3.63) is 176 Å². The Labute approximate surface area is 330 Å². The zero-order chi connectivity index (χ0) is 37.5. The molecule has 0 atom stereocenters. The minimum atomic E-state index is 0.594. The van der Waals surface area contributed by atoms with E-state index in [1.165, 1.54) is 25.7 Å². The largest absolute Gasteiger partial charge is 0.456 e. The molecule has 0 saturated carbocycles. The Kier molecular flexibility index (Phi) is 7.03. The fourth-order valence-corrected chi connectivity index (χ4v) is 9.36. The summed E-state index contributed by atoms with van der Waals surface area (Å²) >= 11 is 1.84. The fraction of sp³-hybridized carbons (Fsp3) is 0. The molecule has 57 heavy (non-hydrogen) atoms. The lowest BCUT2D eigenvalue weighted by Crippen LogP contribution is -2.00. The van der Waals surface area contributed by atoms with Crippen molar-refractivity contribution >= 4 is 75.4 Å². The van der Waals surface area contributed by atoms with E-state index in [0.717, 1.165) is 77.3 Å². The number of benzene rings is 8. The molecule has 0 spiro atoms. The molecule has 0 saturated heterocycles. The topological polar surface area (TPSA) is 65.0 Å². The van der Waals surface area contributed by atoms with Crippen molar-refractivity contribution in [2.24, 2.45) is 0 Å². The molecule has 0 N–H and O–H groups in total. The molecule has 0 aliphatic heterocycles. The van der Waals surface area contributed by atoms with Crippen LogP contribution in [0.4, 0.5) is 0 Å². The standard InChI is InChI=1S/C51H29N3O2S/c1-3-11-30(12-4-1)49-52-50(31-13-5-2-6-14-31)54-51(53-49)34-19-22-37-41-26-33(21-24-45(41)56-46(37)29-34)39-27-35(28-42-38-16-8-10-18-47(38)57-48(39)42)32-20-23-44-40(25-32)36-15-7-9-17-43(36)55-44/h1-29H. The number of hydrogen-bond donors (Lipinski definition) is 0. The molecule has 6 heteroatoms. The number of nitrogens with zero attached hydrogens (tertiary/aromatic N) is 3. The minimum absolute atomic E-state index is 0.594. The number of para-hydroxylation sites is 1. The predicted molar refractivity (Wildman–Crippen MR) is 234 cm³/mol. The van der Waals surface area contributed by atoms with Crippen LogP contribution in [0.15, 0.2) is 185 Å². The van der Waals surface area contributed by atoms with Crippen molar-refractivity contribution in [2.45, 2.75) is 0 Å². The first-order valence-corrected chi connectivity index (χ1v) is 19.7. The Morgan fingerprint density at radius 1 is 0.316 bits per heavy atom. The van der Waals surface area contributed by atoms with Crippen molar-refractivity contribution in [1.82, 2.24) is 15.0 Å². The van der Waals surface area contributed by atoms with Crippen molar-refractivity contribution in [3.63, 3.8) is 0 Å². The van der Waals surface area contributed by atoms with Gasteiger partial charge in [-0.2, -0.15) is 0 Å². The van der Waals surface area contributed by atoms with E-state index in [4.69, 9.17) is 23.8 Å². The van der Waals surface area contributed by atoms with Crippen LogP contribution < -0.4 is 0 Å². The Morgan fingerprint density at radius 3 is 1.58 bits per heavy atom. The average Bonchev–Trinajstić information content (AvgIpc) is 3.97. The van der Waals surface area contributed by atoms with Gasteiger partial charge in [0.2, 0.25) is 0 Å². The average molecular weight is 748 g/mol. The van der Waals surface area contributed by atoms with Gasteiger partial charge in [0.05, 0.1) is 0 Å². The van der Waals surface area contributed by atoms with Gasteiger partial charge in [0.25, 0.3) is 0 Å². The Morgan fingerprint density at radius 2 is 0.842 bits per heavy atom. The summed E-state index contributed by atoms with van der Waals surface area (Å²) in [5.41, 5.74) is 10.8. The highest BCUT2D eigenvalue weighted by atomic mass is 32.1. The van der Waals surface area contributed by atoms with Crippen molar-refractivity contribution in [3.8, 4) is 56.4 Å².